The molecule has 0 spiro atoms. The topological polar surface area (TPSA) is 55.5 Å². The summed E-state index contributed by atoms with van der Waals surface area (Å²) < 4.78 is 5.01. The molecule has 1 rings (SSSR count). The molecule has 0 saturated carbocycles. The van der Waals surface area contributed by atoms with Gasteiger partial charge in [-0.1, -0.05) is 24.3 Å². The van der Waals surface area contributed by atoms with Gasteiger partial charge < -0.3 is 15.6 Å². The van der Waals surface area contributed by atoms with Crippen LogP contribution in [0.1, 0.15) is 17.2 Å². The number of hydrogen-bond donors (Lipinski definition) is 2. The third kappa shape index (κ3) is 2.52. The number of ether oxygens (including phenoxy) is 1. The average molecular weight is 181 g/mol. The molecule has 13 heavy (non-hydrogen) atoms. The highest BCUT2D eigenvalue weighted by molar-refractivity contribution is 5.28. The number of hydrogen-bond acceptors (Lipinski definition) is 3. The van der Waals surface area contributed by atoms with E-state index in [2.05, 4.69) is 0 Å². The number of methoxy groups -OCH3 is 1. The Morgan fingerprint density at radius 1 is 1.46 bits per heavy atom. The van der Waals surface area contributed by atoms with Crippen molar-refractivity contribution in [3.05, 3.63) is 35.4 Å². The van der Waals surface area contributed by atoms with Gasteiger partial charge in [-0.25, -0.2) is 0 Å². The van der Waals surface area contributed by atoms with E-state index in [4.69, 9.17) is 10.5 Å². The Hall–Kier alpha value is -0.900. The van der Waals surface area contributed by atoms with Crippen LogP contribution in [0.15, 0.2) is 24.3 Å². The molecule has 0 radical (unpaired) electrons. The van der Waals surface area contributed by atoms with Crippen LogP contribution < -0.4 is 5.73 Å². The summed E-state index contributed by atoms with van der Waals surface area (Å²) in [6, 6.07) is 7.60. The van der Waals surface area contributed by atoms with Gasteiger partial charge in [0.05, 0.1) is 12.7 Å². The fourth-order valence-electron chi connectivity index (χ4n) is 1.27. The monoisotopic (exact) mass is 181 g/mol. The molecule has 0 heterocycles. The van der Waals surface area contributed by atoms with Crippen LogP contribution in [0.25, 0.3) is 0 Å². The van der Waals surface area contributed by atoms with E-state index in [9.17, 15) is 5.11 Å². The maximum atomic E-state index is 9.56. The minimum absolute atomic E-state index is 0.237. The number of rotatable bonds is 4. The molecule has 72 valence electrons. The summed E-state index contributed by atoms with van der Waals surface area (Å²) in [6.07, 6.45) is -0.591. The van der Waals surface area contributed by atoms with Gasteiger partial charge in [-0.2, -0.15) is 0 Å². The van der Waals surface area contributed by atoms with Crippen molar-refractivity contribution in [3.8, 4) is 0 Å². The van der Waals surface area contributed by atoms with Crippen LogP contribution in [0, 0.1) is 0 Å². The Morgan fingerprint density at radius 2 is 2.15 bits per heavy atom. The lowest BCUT2D eigenvalue weighted by Gasteiger charge is -2.12. The largest absolute Gasteiger partial charge is 0.387 e. The van der Waals surface area contributed by atoms with Crippen LogP contribution in [0.5, 0.6) is 0 Å². The number of benzene rings is 1. The zero-order valence-corrected chi connectivity index (χ0v) is 7.73. The first-order chi connectivity index (χ1) is 6.29. The highest BCUT2D eigenvalue weighted by Gasteiger charge is 2.09. The van der Waals surface area contributed by atoms with Crippen LogP contribution in [0.2, 0.25) is 0 Å². The summed E-state index contributed by atoms with van der Waals surface area (Å²) in [7, 11) is 1.63. The van der Waals surface area contributed by atoms with Crippen molar-refractivity contribution in [2.24, 2.45) is 5.73 Å². The fourth-order valence-corrected chi connectivity index (χ4v) is 1.27. The summed E-state index contributed by atoms with van der Waals surface area (Å²) in [6.45, 7) is 0.744. The second-order valence-corrected chi connectivity index (χ2v) is 2.88. The second kappa shape index (κ2) is 4.97. The highest BCUT2D eigenvalue weighted by atomic mass is 16.5. The summed E-state index contributed by atoms with van der Waals surface area (Å²) >= 11 is 0. The molecule has 0 aliphatic rings. The summed E-state index contributed by atoms with van der Waals surface area (Å²) in [5.74, 6) is 0. The van der Waals surface area contributed by atoms with E-state index in [1.54, 1.807) is 7.11 Å². The van der Waals surface area contributed by atoms with Gasteiger partial charge in [0, 0.05) is 13.7 Å². The predicted molar refractivity (Wildman–Crippen MR) is 51.2 cm³/mol. The van der Waals surface area contributed by atoms with Gasteiger partial charge in [-0.05, 0) is 11.1 Å². The van der Waals surface area contributed by atoms with E-state index in [0.717, 1.165) is 11.1 Å². The van der Waals surface area contributed by atoms with Crippen molar-refractivity contribution < 1.29 is 9.84 Å². The molecule has 1 aromatic carbocycles. The van der Waals surface area contributed by atoms with Crippen molar-refractivity contribution >= 4 is 0 Å². The minimum atomic E-state index is -0.591. The van der Waals surface area contributed by atoms with Crippen LogP contribution in [-0.4, -0.2) is 18.8 Å². The molecule has 0 aliphatic carbocycles. The molecule has 0 bridgehead atoms. The first-order valence-electron chi connectivity index (χ1n) is 4.24. The standard InChI is InChI=1S/C10H15NO2/c1-13-7-8-4-2-3-5-9(8)10(12)6-11/h2-5,10,12H,6-7,11H2,1H3. The molecule has 0 fully saturated rings. The molecule has 3 N–H and O–H groups in total. The van der Waals surface area contributed by atoms with Crippen LogP contribution in [0.4, 0.5) is 0 Å². The Kier molecular flexibility index (Phi) is 3.89. The van der Waals surface area contributed by atoms with Gasteiger partial charge in [-0.15, -0.1) is 0 Å². The molecule has 0 aliphatic heterocycles. The maximum absolute atomic E-state index is 9.56. The molecule has 1 atom stereocenters. The Labute approximate surface area is 78.1 Å². The molecular formula is C10H15NO2. The van der Waals surface area contributed by atoms with Crippen LogP contribution >= 0.6 is 0 Å². The van der Waals surface area contributed by atoms with E-state index < -0.39 is 6.10 Å². The van der Waals surface area contributed by atoms with Crippen molar-refractivity contribution in [3.63, 3.8) is 0 Å². The second-order valence-electron chi connectivity index (χ2n) is 2.88. The van der Waals surface area contributed by atoms with Crippen molar-refractivity contribution in [1.29, 1.82) is 0 Å². The van der Waals surface area contributed by atoms with Gasteiger partial charge in [0.2, 0.25) is 0 Å². The highest BCUT2D eigenvalue weighted by Crippen LogP contribution is 2.17. The molecule has 0 amide bonds. The van der Waals surface area contributed by atoms with E-state index >= 15 is 0 Å². The number of aliphatic hydroxyl groups is 1. The Morgan fingerprint density at radius 3 is 2.77 bits per heavy atom. The summed E-state index contributed by atoms with van der Waals surface area (Å²) in [5, 5.41) is 9.56. The summed E-state index contributed by atoms with van der Waals surface area (Å²) in [5.41, 5.74) is 7.22. The lowest BCUT2D eigenvalue weighted by Crippen LogP contribution is -2.13. The molecule has 3 heteroatoms. The number of aliphatic hydroxyl groups excluding tert-OH is 1. The van der Waals surface area contributed by atoms with Crippen molar-refractivity contribution in [1.82, 2.24) is 0 Å². The molecule has 0 saturated heterocycles. The maximum Gasteiger partial charge on any atom is 0.0915 e. The van der Waals surface area contributed by atoms with E-state index in [1.165, 1.54) is 0 Å². The normalized spacial score (nSPS) is 12.8. The molecule has 3 nitrogen and oxygen atoms in total. The first kappa shape index (κ1) is 10.2. The Bertz CT molecular complexity index is 263. The van der Waals surface area contributed by atoms with Crippen LogP contribution in [0.3, 0.4) is 0 Å². The van der Waals surface area contributed by atoms with Crippen molar-refractivity contribution in [2.45, 2.75) is 12.7 Å². The SMILES string of the molecule is COCc1ccccc1C(O)CN. The number of nitrogens with two attached hydrogens (primary N) is 1. The minimum Gasteiger partial charge on any atom is -0.387 e. The predicted octanol–water partition coefficient (Wildman–Crippen LogP) is 0.825. The Balaban J connectivity index is 2.90. The van der Waals surface area contributed by atoms with Crippen LogP contribution in [-0.2, 0) is 11.3 Å². The molecular weight excluding hydrogens is 166 g/mol. The molecule has 1 aromatic rings. The van der Waals surface area contributed by atoms with Crippen molar-refractivity contribution in [2.75, 3.05) is 13.7 Å². The summed E-state index contributed by atoms with van der Waals surface area (Å²) in [4.78, 5) is 0. The first-order valence-corrected chi connectivity index (χ1v) is 4.24. The van der Waals surface area contributed by atoms with E-state index in [0.29, 0.717) is 6.61 Å². The van der Waals surface area contributed by atoms with E-state index in [1.807, 2.05) is 24.3 Å². The average Bonchev–Trinajstić information content (AvgIpc) is 2.18. The molecule has 1 unspecified atom stereocenters. The quantitative estimate of drug-likeness (QED) is 0.723. The lowest BCUT2D eigenvalue weighted by atomic mass is 10.0. The van der Waals surface area contributed by atoms with Gasteiger partial charge in [0.25, 0.3) is 0 Å². The van der Waals surface area contributed by atoms with Gasteiger partial charge in [-0.3, -0.25) is 0 Å². The molecule has 0 aromatic heterocycles. The third-order valence-corrected chi connectivity index (χ3v) is 1.94. The van der Waals surface area contributed by atoms with Gasteiger partial charge >= 0.3 is 0 Å². The van der Waals surface area contributed by atoms with Gasteiger partial charge in [0.15, 0.2) is 0 Å². The lowest BCUT2D eigenvalue weighted by molar-refractivity contribution is 0.166. The zero-order chi connectivity index (χ0) is 9.68. The smallest absolute Gasteiger partial charge is 0.0915 e. The zero-order valence-electron chi connectivity index (χ0n) is 7.73. The van der Waals surface area contributed by atoms with Gasteiger partial charge in [0.1, 0.15) is 0 Å². The fraction of sp³-hybridized carbons (Fsp3) is 0.400. The third-order valence-electron chi connectivity index (χ3n) is 1.94. The van der Waals surface area contributed by atoms with E-state index in [-0.39, 0.29) is 6.54 Å².